The monoisotopic (exact) mass is 328 g/mol. The topological polar surface area (TPSA) is 72.2 Å². The second kappa shape index (κ2) is 7.27. The van der Waals surface area contributed by atoms with Crippen LogP contribution in [0.5, 0.6) is 0 Å². The molecule has 1 fully saturated rings. The molecule has 0 radical (unpaired) electrons. The maximum Gasteiger partial charge on any atom is 0.239 e. The maximum atomic E-state index is 12.5. The van der Waals surface area contributed by atoms with E-state index in [1.807, 2.05) is 0 Å². The molecule has 0 spiro atoms. The first kappa shape index (κ1) is 16.3. The number of nitrogen functional groups attached to an aromatic ring is 1. The minimum absolute atomic E-state index is 0.141. The minimum Gasteiger partial charge on any atom is -0.397 e. The van der Waals surface area contributed by atoms with Gasteiger partial charge in [-0.15, -0.1) is 0 Å². The van der Waals surface area contributed by atoms with Gasteiger partial charge in [-0.25, -0.2) is 0 Å². The molecular formula is C15H21ClN2O2S. The summed E-state index contributed by atoms with van der Waals surface area (Å²) in [4.78, 5) is 12.2. The van der Waals surface area contributed by atoms with Crippen LogP contribution in [0.15, 0.2) is 18.2 Å². The summed E-state index contributed by atoms with van der Waals surface area (Å²) in [5.74, 6) is -0.257. The molecule has 1 amide bonds. The van der Waals surface area contributed by atoms with Crippen LogP contribution < -0.4 is 11.1 Å². The Hall–Kier alpha value is -1.07. The molecule has 4 nitrogen and oxygen atoms in total. The van der Waals surface area contributed by atoms with E-state index in [4.69, 9.17) is 17.3 Å². The number of halogens is 1. The average molecular weight is 329 g/mol. The van der Waals surface area contributed by atoms with Gasteiger partial charge < -0.3 is 11.1 Å². The number of carbonyl (C=O) groups is 1. The first-order valence-corrected chi connectivity index (χ1v) is 8.89. The van der Waals surface area contributed by atoms with Crippen molar-refractivity contribution in [2.75, 3.05) is 11.1 Å². The Morgan fingerprint density at radius 2 is 2.05 bits per heavy atom. The number of carbonyl (C=O) groups excluding carboxylic acids is 1. The van der Waals surface area contributed by atoms with Gasteiger partial charge in [-0.2, -0.15) is 0 Å². The van der Waals surface area contributed by atoms with Gasteiger partial charge in [0.1, 0.15) is 5.25 Å². The molecule has 1 aliphatic carbocycles. The molecule has 2 unspecified atom stereocenters. The van der Waals surface area contributed by atoms with Crippen LogP contribution in [0.4, 0.5) is 11.4 Å². The molecule has 1 saturated carbocycles. The van der Waals surface area contributed by atoms with Crippen LogP contribution in [-0.2, 0) is 15.6 Å². The molecule has 6 heteroatoms. The van der Waals surface area contributed by atoms with Gasteiger partial charge in [0, 0.05) is 21.1 Å². The standard InChI is InChI=1S/C15H21ClN2O2S/c1-10(21(20)12-5-3-2-4-6-12)15(19)18-14-8-7-11(16)9-13(14)17/h7-10,12H,2-6,17H2,1H3,(H,18,19). The molecule has 3 N–H and O–H groups in total. The van der Waals surface area contributed by atoms with Gasteiger partial charge in [0.15, 0.2) is 0 Å². The highest BCUT2D eigenvalue weighted by Crippen LogP contribution is 2.26. The molecule has 2 rings (SSSR count). The van der Waals surface area contributed by atoms with Gasteiger partial charge in [0.2, 0.25) is 5.91 Å². The number of hydrogen-bond donors (Lipinski definition) is 2. The van der Waals surface area contributed by atoms with Crippen molar-refractivity contribution in [3.63, 3.8) is 0 Å². The van der Waals surface area contributed by atoms with E-state index in [0.29, 0.717) is 16.4 Å². The predicted molar refractivity (Wildman–Crippen MR) is 89.0 cm³/mol. The maximum absolute atomic E-state index is 12.5. The average Bonchev–Trinajstić information content (AvgIpc) is 2.49. The van der Waals surface area contributed by atoms with E-state index in [0.717, 1.165) is 25.7 Å². The Balaban J connectivity index is 2.00. The molecule has 0 bridgehead atoms. The number of nitrogens with one attached hydrogen (secondary N) is 1. The van der Waals surface area contributed by atoms with Gasteiger partial charge in [-0.1, -0.05) is 30.9 Å². The number of amides is 1. The van der Waals surface area contributed by atoms with Crippen LogP contribution >= 0.6 is 11.6 Å². The molecular weight excluding hydrogens is 308 g/mol. The van der Waals surface area contributed by atoms with Gasteiger partial charge in [0.25, 0.3) is 0 Å². The molecule has 0 aromatic heterocycles. The van der Waals surface area contributed by atoms with Crippen molar-refractivity contribution in [1.29, 1.82) is 0 Å². The summed E-state index contributed by atoms with van der Waals surface area (Å²) in [5, 5.41) is 2.86. The minimum atomic E-state index is -1.14. The van der Waals surface area contributed by atoms with Crippen LogP contribution in [0.25, 0.3) is 0 Å². The lowest BCUT2D eigenvalue weighted by atomic mass is 10.0. The highest BCUT2D eigenvalue weighted by atomic mass is 35.5. The zero-order valence-corrected chi connectivity index (χ0v) is 13.7. The van der Waals surface area contributed by atoms with Crippen LogP contribution in [-0.4, -0.2) is 20.6 Å². The van der Waals surface area contributed by atoms with E-state index in [-0.39, 0.29) is 11.2 Å². The lowest BCUT2D eigenvalue weighted by Crippen LogP contribution is -2.35. The predicted octanol–water partition coefficient (Wildman–Crippen LogP) is 3.33. The van der Waals surface area contributed by atoms with Gasteiger partial charge in [-0.3, -0.25) is 9.00 Å². The highest BCUT2D eigenvalue weighted by molar-refractivity contribution is 7.87. The van der Waals surface area contributed by atoms with Crippen LogP contribution in [0.1, 0.15) is 39.0 Å². The van der Waals surface area contributed by atoms with Gasteiger partial charge in [-0.05, 0) is 38.0 Å². The Bertz CT molecular complexity index is 544. The third-order valence-electron chi connectivity index (χ3n) is 3.87. The van der Waals surface area contributed by atoms with Crippen LogP contribution in [0.2, 0.25) is 5.02 Å². The van der Waals surface area contributed by atoms with E-state index < -0.39 is 16.0 Å². The van der Waals surface area contributed by atoms with Crippen molar-refractivity contribution in [2.45, 2.75) is 49.5 Å². The lowest BCUT2D eigenvalue weighted by Gasteiger charge is -2.24. The summed E-state index contributed by atoms with van der Waals surface area (Å²) in [6, 6.07) is 4.90. The number of benzene rings is 1. The molecule has 0 saturated heterocycles. The van der Waals surface area contributed by atoms with Gasteiger partial charge >= 0.3 is 0 Å². The first-order valence-electron chi connectivity index (χ1n) is 7.24. The van der Waals surface area contributed by atoms with Crippen LogP contribution in [0.3, 0.4) is 0 Å². The zero-order valence-electron chi connectivity index (χ0n) is 12.1. The molecule has 1 aromatic rings. The van der Waals surface area contributed by atoms with Crippen molar-refractivity contribution >= 4 is 39.7 Å². The van der Waals surface area contributed by atoms with Crippen LogP contribution in [0, 0.1) is 0 Å². The van der Waals surface area contributed by atoms with E-state index in [1.54, 1.807) is 25.1 Å². The molecule has 2 atom stereocenters. The Morgan fingerprint density at radius 1 is 1.38 bits per heavy atom. The second-order valence-electron chi connectivity index (χ2n) is 5.45. The fraction of sp³-hybridized carbons (Fsp3) is 0.533. The van der Waals surface area contributed by atoms with E-state index in [2.05, 4.69) is 5.32 Å². The highest BCUT2D eigenvalue weighted by Gasteiger charge is 2.28. The molecule has 116 valence electrons. The fourth-order valence-corrected chi connectivity index (χ4v) is 4.40. The third kappa shape index (κ3) is 4.20. The van der Waals surface area contributed by atoms with Crippen molar-refractivity contribution in [3.8, 4) is 0 Å². The number of rotatable bonds is 4. The Labute approximate surface area is 132 Å². The first-order chi connectivity index (χ1) is 9.99. The van der Waals surface area contributed by atoms with E-state index in [1.165, 1.54) is 6.42 Å². The van der Waals surface area contributed by atoms with Crippen molar-refractivity contribution < 1.29 is 9.00 Å². The summed E-state index contributed by atoms with van der Waals surface area (Å²) >= 11 is 5.83. The summed E-state index contributed by atoms with van der Waals surface area (Å²) in [5.41, 5.74) is 6.73. The number of nitrogens with two attached hydrogens (primary N) is 1. The Kier molecular flexibility index (Phi) is 5.65. The summed E-state index contributed by atoms with van der Waals surface area (Å²) in [6.07, 6.45) is 5.32. The van der Waals surface area contributed by atoms with Crippen molar-refractivity contribution in [2.24, 2.45) is 0 Å². The fourth-order valence-electron chi connectivity index (χ4n) is 2.57. The lowest BCUT2D eigenvalue weighted by molar-refractivity contribution is -0.115. The zero-order chi connectivity index (χ0) is 15.4. The number of anilines is 2. The molecule has 0 aliphatic heterocycles. The summed E-state index contributed by atoms with van der Waals surface area (Å²) in [6.45, 7) is 1.71. The van der Waals surface area contributed by atoms with E-state index in [9.17, 15) is 9.00 Å². The molecule has 21 heavy (non-hydrogen) atoms. The quantitative estimate of drug-likeness (QED) is 0.833. The molecule has 1 aliphatic rings. The van der Waals surface area contributed by atoms with Crippen molar-refractivity contribution in [3.05, 3.63) is 23.2 Å². The summed E-state index contributed by atoms with van der Waals surface area (Å²) < 4.78 is 12.5. The SMILES string of the molecule is CC(C(=O)Nc1ccc(Cl)cc1N)S(=O)C1CCCCC1. The number of hydrogen-bond acceptors (Lipinski definition) is 3. The molecule has 1 aromatic carbocycles. The smallest absolute Gasteiger partial charge is 0.239 e. The normalized spacial score (nSPS) is 19.0. The molecule has 0 heterocycles. The third-order valence-corrected chi connectivity index (χ3v) is 6.14. The largest absolute Gasteiger partial charge is 0.397 e. The summed E-state index contributed by atoms with van der Waals surface area (Å²) in [7, 11) is -1.14. The Morgan fingerprint density at radius 3 is 2.67 bits per heavy atom. The van der Waals surface area contributed by atoms with E-state index >= 15 is 0 Å². The second-order valence-corrected chi connectivity index (χ2v) is 7.92. The van der Waals surface area contributed by atoms with Gasteiger partial charge in [0.05, 0.1) is 11.4 Å². The van der Waals surface area contributed by atoms with Crippen molar-refractivity contribution in [1.82, 2.24) is 0 Å².